The maximum Gasteiger partial charge on any atom is 0.514 e. The van der Waals surface area contributed by atoms with Crippen LogP contribution in [0.3, 0.4) is 0 Å². The number of rotatable bonds is 16. The number of Topliss-reactive ketones (excluding diaryl/α,β-unsaturated/α-hetero) is 1. The molecular formula is C59H63NO18. The lowest BCUT2D eigenvalue weighted by atomic mass is 9.44. The number of nitrogens with one attached hydrogen (secondary N) is 1. The number of hydrogen-bond acceptors (Lipinski definition) is 18. The van der Waals surface area contributed by atoms with E-state index in [1.54, 1.807) is 66.7 Å². The van der Waals surface area contributed by atoms with E-state index in [2.05, 4.69) is 5.32 Å². The number of ketones is 1. The summed E-state index contributed by atoms with van der Waals surface area (Å²) in [6.07, 6.45) is -11.2. The minimum atomic E-state index is -2.52. The zero-order valence-electron chi connectivity index (χ0n) is 44.3. The van der Waals surface area contributed by atoms with E-state index in [0.29, 0.717) is 6.42 Å². The second-order valence-corrected chi connectivity index (χ2v) is 20.8. The van der Waals surface area contributed by atoms with Crippen molar-refractivity contribution in [3.63, 3.8) is 0 Å². The van der Waals surface area contributed by atoms with E-state index in [-0.39, 0.29) is 58.8 Å². The molecule has 4 aromatic rings. The second kappa shape index (κ2) is 22.7. The maximum absolute atomic E-state index is 15.8. The lowest BCUT2D eigenvalue weighted by Crippen LogP contribution is -2.82. The topological polar surface area (TPSA) is 263 Å². The lowest BCUT2D eigenvalue weighted by Gasteiger charge is -2.67. The first-order chi connectivity index (χ1) is 37.1. The van der Waals surface area contributed by atoms with Gasteiger partial charge in [0.2, 0.25) is 6.10 Å². The van der Waals surface area contributed by atoms with Gasteiger partial charge in [0.25, 0.3) is 5.91 Å². The Balaban J connectivity index is 1.26. The monoisotopic (exact) mass is 1070 g/mol. The van der Waals surface area contributed by atoms with Crippen molar-refractivity contribution < 1.29 is 86.5 Å². The number of unbranched alkanes of at least 4 members (excludes halogenated alkanes) is 1. The number of carbonyl (C=O) groups excluding carboxylic acids is 8. The molecule has 3 N–H and O–H groups in total. The Morgan fingerprint density at radius 3 is 1.95 bits per heavy atom. The summed E-state index contributed by atoms with van der Waals surface area (Å²) in [7, 11) is 0. The van der Waals surface area contributed by atoms with Crippen molar-refractivity contribution in [3.05, 3.63) is 149 Å². The zero-order chi connectivity index (χ0) is 56.3. The first-order valence-electron chi connectivity index (χ1n) is 25.7. The Morgan fingerprint density at radius 2 is 1.37 bits per heavy atom. The fourth-order valence-electron chi connectivity index (χ4n) is 11.6. The molecule has 4 aromatic carbocycles. The molecule has 0 spiro atoms. The molecule has 3 aliphatic carbocycles. The fraction of sp³-hybridized carbons (Fsp3) is 0.424. The van der Waals surface area contributed by atoms with Crippen LogP contribution in [0.1, 0.15) is 117 Å². The van der Waals surface area contributed by atoms with E-state index >= 15 is 9.59 Å². The molecule has 11 atom stereocenters. The lowest BCUT2D eigenvalue weighted by molar-refractivity contribution is -0.346. The van der Waals surface area contributed by atoms with Crippen molar-refractivity contribution in [2.75, 3.05) is 13.2 Å². The molecule has 19 nitrogen and oxygen atoms in total. The molecule has 8 rings (SSSR count). The van der Waals surface area contributed by atoms with Gasteiger partial charge >= 0.3 is 36.0 Å². The van der Waals surface area contributed by atoms with Crippen LogP contribution in [0.4, 0.5) is 4.79 Å². The summed E-state index contributed by atoms with van der Waals surface area (Å²) in [6, 6.07) is 27.6. The largest absolute Gasteiger partial charge is 0.514 e. The molecule has 1 amide bonds. The molecule has 1 heterocycles. The van der Waals surface area contributed by atoms with Crippen molar-refractivity contribution in [2.24, 2.45) is 16.7 Å². The van der Waals surface area contributed by atoms with Gasteiger partial charge in [-0.05, 0) is 85.5 Å². The minimum Gasteiger partial charge on any atom is -0.462 e. The predicted molar refractivity (Wildman–Crippen MR) is 274 cm³/mol. The molecule has 0 unspecified atom stereocenters. The highest BCUT2D eigenvalue weighted by Crippen LogP contribution is 2.64. The van der Waals surface area contributed by atoms with Gasteiger partial charge in [-0.15, -0.1) is 0 Å². The number of ether oxygens (including phenoxy) is 8. The van der Waals surface area contributed by atoms with Gasteiger partial charge in [0.05, 0.1) is 41.8 Å². The molecular weight excluding hydrogens is 1010 g/mol. The van der Waals surface area contributed by atoms with Crippen molar-refractivity contribution in [3.8, 4) is 5.75 Å². The Bertz CT molecular complexity index is 2960. The summed E-state index contributed by atoms with van der Waals surface area (Å²) >= 11 is 0. The standard InChI is InChI=1S/C59H63NO18/c1-8-9-29-71-52(66)39-25-27-40(28-26-39)74-55(69)76-47(45(36-19-13-10-14-20-36)60-51(65)37-21-15-11-16-22-37)54(68)75-41-31-59(70)50(77-53(67)38-23-17-12-18-24-38)48-57(7,42(63)30-43-58(48,32-72-43)78-35(4)62)49(64)46(73-34(3)61)44(33(41)2)56(59,5)6/h10-28,41-43,45-48,50,63,70H,8-9,29-32H2,1-7H3,(H,60,65)/t41-,42-,43+,45-,46+,47+,48-,50-,57+,58-,59+/m0/s1. The quantitative estimate of drug-likeness (QED) is 0.0338. The SMILES string of the molecule is CCCCOC(=O)c1ccc(OC(=O)O[C@@H](C(=O)O[C@H]2C[C@@]3(O)[C@@H](OC(=O)c4ccccc4)[C@@H]4[C@]5(OC(C)=O)CO[C@@H]5C[C@H](O)[C@@]4(C)C(=O)[C@H](OC(C)=O)C(=C2C)C3(C)C)[C@@H](NC(=O)c2ccccc2)c2ccccc2)cc1. The highest BCUT2D eigenvalue weighted by atomic mass is 16.7. The molecule has 412 valence electrons. The Kier molecular flexibility index (Phi) is 16.4. The van der Waals surface area contributed by atoms with Gasteiger partial charge in [-0.25, -0.2) is 19.2 Å². The first kappa shape index (κ1) is 56.5. The number of aliphatic hydroxyl groups is 2. The van der Waals surface area contributed by atoms with Crippen LogP contribution in [0, 0.1) is 16.7 Å². The number of benzene rings is 4. The van der Waals surface area contributed by atoms with E-state index < -0.39 is 125 Å². The number of carbonyl (C=O) groups is 8. The average Bonchev–Trinajstić information content (AvgIpc) is 3.12. The molecule has 1 aliphatic heterocycles. The molecule has 2 bridgehead atoms. The van der Waals surface area contributed by atoms with E-state index in [1.165, 1.54) is 76.2 Å². The summed E-state index contributed by atoms with van der Waals surface area (Å²) in [4.78, 5) is 113. The number of esters is 5. The Hall–Kier alpha value is -7.74. The number of amides is 1. The van der Waals surface area contributed by atoms with Gasteiger partial charge in [0.1, 0.15) is 35.7 Å². The third-order valence-electron chi connectivity index (χ3n) is 15.7. The summed E-state index contributed by atoms with van der Waals surface area (Å²) in [5.74, 6) is -8.04. The van der Waals surface area contributed by atoms with Gasteiger partial charge < -0.3 is 53.4 Å². The van der Waals surface area contributed by atoms with Crippen LogP contribution in [-0.2, 0) is 52.3 Å². The van der Waals surface area contributed by atoms with Crippen molar-refractivity contribution >= 4 is 47.7 Å². The van der Waals surface area contributed by atoms with E-state index in [9.17, 15) is 39.0 Å². The van der Waals surface area contributed by atoms with E-state index in [4.69, 9.17) is 37.9 Å². The van der Waals surface area contributed by atoms with Gasteiger partial charge in [0, 0.05) is 37.7 Å². The third kappa shape index (κ3) is 10.7. The number of aliphatic hydroxyl groups excluding tert-OH is 1. The Morgan fingerprint density at radius 1 is 0.769 bits per heavy atom. The van der Waals surface area contributed by atoms with Gasteiger partial charge in [-0.2, -0.15) is 0 Å². The first-order valence-corrected chi connectivity index (χ1v) is 25.7. The number of hydrogen-bond donors (Lipinski definition) is 3. The third-order valence-corrected chi connectivity index (χ3v) is 15.7. The summed E-state index contributed by atoms with van der Waals surface area (Å²) in [5, 5.41) is 29.1. The van der Waals surface area contributed by atoms with Gasteiger partial charge in [-0.3, -0.25) is 19.2 Å². The molecule has 0 radical (unpaired) electrons. The second-order valence-electron chi connectivity index (χ2n) is 20.8. The van der Waals surface area contributed by atoms with Crippen LogP contribution >= 0.6 is 0 Å². The van der Waals surface area contributed by atoms with E-state index in [0.717, 1.165) is 20.3 Å². The zero-order valence-corrected chi connectivity index (χ0v) is 44.3. The average molecular weight is 1070 g/mol. The van der Waals surface area contributed by atoms with Crippen LogP contribution in [0.2, 0.25) is 0 Å². The molecule has 78 heavy (non-hydrogen) atoms. The molecule has 1 saturated heterocycles. The van der Waals surface area contributed by atoms with Crippen LogP contribution in [0.15, 0.2) is 126 Å². The summed E-state index contributed by atoms with van der Waals surface area (Å²) < 4.78 is 47.6. The fourth-order valence-corrected chi connectivity index (χ4v) is 11.6. The van der Waals surface area contributed by atoms with Crippen molar-refractivity contribution in [2.45, 2.75) is 128 Å². The predicted octanol–water partition coefficient (Wildman–Crippen LogP) is 6.92. The van der Waals surface area contributed by atoms with E-state index in [1.807, 2.05) is 6.92 Å². The molecule has 0 aromatic heterocycles. The van der Waals surface area contributed by atoms with Crippen molar-refractivity contribution in [1.82, 2.24) is 5.32 Å². The highest BCUT2D eigenvalue weighted by Gasteiger charge is 2.78. The van der Waals surface area contributed by atoms with Crippen LogP contribution < -0.4 is 10.1 Å². The van der Waals surface area contributed by atoms with Gasteiger partial charge in [-0.1, -0.05) is 93.9 Å². The smallest absolute Gasteiger partial charge is 0.462 e. The maximum atomic E-state index is 15.8. The summed E-state index contributed by atoms with van der Waals surface area (Å²) in [5.41, 5.74) is -7.67. The molecule has 4 aliphatic rings. The summed E-state index contributed by atoms with van der Waals surface area (Å²) in [6.45, 7) is 9.89. The van der Waals surface area contributed by atoms with Crippen molar-refractivity contribution in [1.29, 1.82) is 0 Å². The highest BCUT2D eigenvalue weighted by molar-refractivity contribution is 5.96. The molecule has 19 heteroatoms. The van der Waals surface area contributed by atoms with Crippen LogP contribution in [0.5, 0.6) is 5.75 Å². The molecule has 2 saturated carbocycles. The number of fused-ring (bicyclic) bond motifs is 5. The normalized spacial score (nSPS) is 27.5. The Labute approximate surface area is 450 Å². The van der Waals surface area contributed by atoms with Crippen LogP contribution in [0.25, 0.3) is 0 Å². The minimum absolute atomic E-state index is 0.0223. The molecule has 3 fully saturated rings. The van der Waals surface area contributed by atoms with Gasteiger partial charge in [0.15, 0.2) is 17.5 Å². The van der Waals surface area contributed by atoms with Crippen LogP contribution in [-0.4, -0.2) is 119 Å².